The maximum Gasteiger partial charge on any atom is 0.304 e. The molecule has 1 aliphatic heterocycles. The molecule has 0 spiro atoms. The molecule has 0 unspecified atom stereocenters. The number of aromatic nitrogens is 2. The maximum absolute atomic E-state index is 14.9. The van der Waals surface area contributed by atoms with E-state index >= 15 is 0 Å². The van der Waals surface area contributed by atoms with Gasteiger partial charge >= 0.3 is 5.97 Å². The quantitative estimate of drug-likeness (QED) is 0.743. The van der Waals surface area contributed by atoms with Gasteiger partial charge in [0.15, 0.2) is 0 Å². The molecule has 1 aliphatic rings. The number of carboxylic acid groups (broad SMARTS) is 1. The van der Waals surface area contributed by atoms with Gasteiger partial charge in [0.2, 0.25) is 5.88 Å². The van der Waals surface area contributed by atoms with Gasteiger partial charge in [0.1, 0.15) is 30.1 Å². The number of benzene rings is 1. The second-order valence-corrected chi connectivity index (χ2v) is 7.57. The number of hydrogen-bond acceptors (Lipinski definition) is 6. The normalized spacial score (nSPS) is 13.6. The van der Waals surface area contributed by atoms with E-state index in [4.69, 9.17) is 15.6 Å². The van der Waals surface area contributed by atoms with Crippen LogP contribution in [-0.4, -0.2) is 40.1 Å². The van der Waals surface area contributed by atoms with E-state index in [0.29, 0.717) is 11.3 Å². The monoisotopic (exact) mass is 412 g/mol. The number of hydrogen-bond donors (Lipinski definition) is 2. The van der Waals surface area contributed by atoms with Gasteiger partial charge in [0.05, 0.1) is 18.5 Å². The Balaban J connectivity index is 1.97. The van der Waals surface area contributed by atoms with Gasteiger partial charge in [-0.05, 0) is 38.5 Å². The number of carbonyl (C=O) groups is 2. The van der Waals surface area contributed by atoms with Crippen molar-refractivity contribution in [3.8, 4) is 17.7 Å². The highest BCUT2D eigenvalue weighted by molar-refractivity contribution is 6.10. The van der Waals surface area contributed by atoms with Crippen molar-refractivity contribution in [3.05, 3.63) is 41.0 Å². The molecule has 30 heavy (non-hydrogen) atoms. The summed E-state index contributed by atoms with van der Waals surface area (Å²) in [6.45, 7) is 5.35. The Morgan fingerprint density at radius 3 is 2.80 bits per heavy atom. The summed E-state index contributed by atoms with van der Waals surface area (Å²) >= 11 is 0. The van der Waals surface area contributed by atoms with Gasteiger partial charge < -0.3 is 20.5 Å². The Morgan fingerprint density at radius 2 is 2.13 bits per heavy atom. The number of fused-ring (bicyclic) bond motifs is 1. The van der Waals surface area contributed by atoms with Crippen LogP contribution in [-0.2, 0) is 4.79 Å². The number of carboxylic acids is 1. The fraction of sp³-hybridized carbons (Fsp3) is 0.333. The number of carbonyl (C=O) groups excluding carboxylic acids is 1. The first-order valence-corrected chi connectivity index (χ1v) is 9.19. The Labute approximate surface area is 172 Å². The number of rotatable bonds is 3. The molecular formula is C21H21FN4O4. The number of amides is 1. The zero-order chi connectivity index (χ0) is 22.1. The topological polar surface area (TPSA) is 119 Å². The van der Waals surface area contributed by atoms with Crippen molar-refractivity contribution < 1.29 is 23.8 Å². The van der Waals surface area contributed by atoms with Crippen molar-refractivity contribution in [2.75, 3.05) is 23.8 Å². The van der Waals surface area contributed by atoms with E-state index in [0.717, 1.165) is 0 Å². The highest BCUT2D eigenvalue weighted by Crippen LogP contribution is 2.29. The molecule has 0 fully saturated rings. The van der Waals surface area contributed by atoms with Crippen LogP contribution in [0.4, 0.5) is 15.9 Å². The third-order valence-corrected chi connectivity index (χ3v) is 4.56. The van der Waals surface area contributed by atoms with Gasteiger partial charge in [0, 0.05) is 11.1 Å². The van der Waals surface area contributed by atoms with Gasteiger partial charge in [-0.25, -0.2) is 14.4 Å². The van der Waals surface area contributed by atoms with Gasteiger partial charge in [-0.1, -0.05) is 11.8 Å². The predicted octanol–water partition coefficient (Wildman–Crippen LogP) is 2.40. The fourth-order valence-corrected chi connectivity index (χ4v) is 3.10. The Morgan fingerprint density at radius 1 is 1.40 bits per heavy atom. The lowest BCUT2D eigenvalue weighted by molar-refractivity contribution is -0.138. The van der Waals surface area contributed by atoms with Crippen molar-refractivity contribution in [1.82, 2.24) is 9.97 Å². The number of aryl methyl sites for hydroxylation is 1. The molecule has 0 bridgehead atoms. The van der Waals surface area contributed by atoms with Crippen LogP contribution in [0.1, 0.15) is 41.8 Å². The molecule has 0 aliphatic carbocycles. The minimum absolute atomic E-state index is 0.0164. The molecule has 1 aromatic carbocycles. The molecule has 8 nitrogen and oxygen atoms in total. The molecule has 3 N–H and O–H groups in total. The Bertz CT molecular complexity index is 1070. The molecule has 1 aromatic heterocycles. The van der Waals surface area contributed by atoms with Crippen molar-refractivity contribution >= 4 is 23.4 Å². The zero-order valence-electron chi connectivity index (χ0n) is 16.8. The number of nitrogen functional groups attached to an aromatic ring is 1. The summed E-state index contributed by atoms with van der Waals surface area (Å²) in [5, 5.41) is 8.97. The van der Waals surface area contributed by atoms with Crippen molar-refractivity contribution in [1.29, 1.82) is 0 Å². The molecule has 2 aromatic rings. The fourth-order valence-electron chi connectivity index (χ4n) is 3.10. The largest absolute Gasteiger partial charge is 0.481 e. The second kappa shape index (κ2) is 7.99. The van der Waals surface area contributed by atoms with E-state index in [1.165, 1.54) is 17.3 Å². The highest BCUT2D eigenvalue weighted by atomic mass is 19.1. The third kappa shape index (κ3) is 4.33. The molecule has 3 rings (SSSR count). The van der Waals surface area contributed by atoms with Crippen molar-refractivity contribution in [3.63, 3.8) is 0 Å². The summed E-state index contributed by atoms with van der Waals surface area (Å²) < 4.78 is 20.4. The van der Waals surface area contributed by atoms with E-state index in [-0.39, 0.29) is 42.4 Å². The van der Waals surface area contributed by atoms with Crippen LogP contribution in [0.25, 0.3) is 0 Å². The van der Waals surface area contributed by atoms with Crippen LogP contribution in [0.15, 0.2) is 18.5 Å². The minimum atomic E-state index is -0.979. The first-order valence-electron chi connectivity index (χ1n) is 9.19. The number of halogens is 1. The number of aliphatic carboxylic acids is 1. The van der Waals surface area contributed by atoms with Crippen molar-refractivity contribution in [2.24, 2.45) is 5.41 Å². The summed E-state index contributed by atoms with van der Waals surface area (Å²) in [7, 11) is 0. The van der Waals surface area contributed by atoms with Gasteiger partial charge in [-0.3, -0.25) is 9.59 Å². The van der Waals surface area contributed by atoms with Crippen LogP contribution in [0.2, 0.25) is 0 Å². The zero-order valence-corrected chi connectivity index (χ0v) is 16.8. The van der Waals surface area contributed by atoms with Crippen LogP contribution in [0.5, 0.6) is 5.88 Å². The Kier molecular flexibility index (Phi) is 5.60. The molecule has 2 heterocycles. The minimum Gasteiger partial charge on any atom is -0.481 e. The average Bonchev–Trinajstić information content (AvgIpc) is 2.79. The maximum atomic E-state index is 14.9. The van der Waals surface area contributed by atoms with Crippen LogP contribution in [0, 0.1) is 30.0 Å². The lowest BCUT2D eigenvalue weighted by atomic mass is 9.89. The molecule has 1 amide bonds. The van der Waals surface area contributed by atoms with Crippen LogP contribution >= 0.6 is 0 Å². The van der Waals surface area contributed by atoms with E-state index in [1.54, 1.807) is 26.8 Å². The molecule has 156 valence electrons. The van der Waals surface area contributed by atoms with Crippen molar-refractivity contribution in [2.45, 2.75) is 27.2 Å². The lowest BCUT2D eigenvalue weighted by Crippen LogP contribution is -2.33. The van der Waals surface area contributed by atoms with Crippen LogP contribution in [0.3, 0.4) is 0 Å². The summed E-state index contributed by atoms with van der Waals surface area (Å²) in [6.07, 6.45) is 1.05. The standard InChI is InChI=1S/C21H21FN4O4/c1-12-8-13(9-15(22)14(12)4-5-21(2,3)10-16(27)28)26-6-7-30-19-17(20(26)29)18(23)24-11-25-19/h8-9,11H,6-7,10H2,1-3H3,(H,27,28)(H2,23,24,25). The lowest BCUT2D eigenvalue weighted by Gasteiger charge is -2.21. The number of ether oxygens (including phenoxy) is 1. The molecule has 0 atom stereocenters. The summed E-state index contributed by atoms with van der Waals surface area (Å²) in [5.41, 5.74) is 6.03. The van der Waals surface area contributed by atoms with E-state index < -0.39 is 23.1 Å². The molecular weight excluding hydrogens is 391 g/mol. The van der Waals surface area contributed by atoms with E-state index in [1.807, 2.05) is 0 Å². The first kappa shape index (κ1) is 21.0. The first-order chi connectivity index (χ1) is 14.1. The number of anilines is 2. The molecule has 0 saturated carbocycles. The predicted molar refractivity (Wildman–Crippen MR) is 108 cm³/mol. The number of nitrogens with two attached hydrogens (primary N) is 1. The van der Waals surface area contributed by atoms with E-state index in [2.05, 4.69) is 21.8 Å². The Hall–Kier alpha value is -3.67. The molecule has 9 heteroatoms. The third-order valence-electron chi connectivity index (χ3n) is 4.56. The van der Waals surface area contributed by atoms with Gasteiger partial charge in [-0.2, -0.15) is 0 Å². The van der Waals surface area contributed by atoms with Crippen LogP contribution < -0.4 is 15.4 Å². The number of nitrogens with zero attached hydrogens (tertiary/aromatic N) is 3. The summed E-state index contributed by atoms with van der Waals surface area (Å²) in [4.78, 5) is 33.1. The SMILES string of the molecule is Cc1cc(N2CCOc3ncnc(N)c3C2=O)cc(F)c1C#CC(C)(C)CC(=O)O. The average molecular weight is 412 g/mol. The van der Waals surface area contributed by atoms with E-state index in [9.17, 15) is 14.0 Å². The molecule has 0 radical (unpaired) electrons. The van der Waals surface area contributed by atoms with Gasteiger partial charge in [0.25, 0.3) is 5.91 Å². The summed E-state index contributed by atoms with van der Waals surface area (Å²) in [5.74, 6) is 3.57. The second-order valence-electron chi connectivity index (χ2n) is 7.57. The van der Waals surface area contributed by atoms with Gasteiger partial charge in [-0.15, -0.1) is 0 Å². The molecule has 0 saturated heterocycles. The highest BCUT2D eigenvalue weighted by Gasteiger charge is 2.29. The smallest absolute Gasteiger partial charge is 0.304 e. The summed E-state index contributed by atoms with van der Waals surface area (Å²) in [6, 6.07) is 2.85.